The first-order valence-electron chi connectivity index (χ1n) is 5.26. The van der Waals surface area contributed by atoms with Gasteiger partial charge in [-0.15, -0.1) is 0 Å². The van der Waals surface area contributed by atoms with Crippen molar-refractivity contribution >= 4 is 22.6 Å². The van der Waals surface area contributed by atoms with Crippen molar-refractivity contribution in [2.75, 3.05) is 0 Å². The van der Waals surface area contributed by atoms with Gasteiger partial charge in [-0.05, 0) is 58.3 Å². The summed E-state index contributed by atoms with van der Waals surface area (Å²) in [6.07, 6.45) is 4.24. The van der Waals surface area contributed by atoms with Gasteiger partial charge < -0.3 is 5.73 Å². The van der Waals surface area contributed by atoms with Gasteiger partial charge in [-0.1, -0.05) is 12.1 Å². The molecule has 4 heteroatoms. The third-order valence-electron chi connectivity index (χ3n) is 2.54. The largest absolute Gasteiger partial charge is 0.324 e. The number of pyridine rings is 1. The maximum atomic E-state index is 13.0. The second-order valence-electron chi connectivity index (χ2n) is 3.84. The molecule has 17 heavy (non-hydrogen) atoms. The first kappa shape index (κ1) is 12.4. The van der Waals surface area contributed by atoms with E-state index in [0.29, 0.717) is 6.42 Å². The minimum absolute atomic E-state index is 0.133. The normalized spacial score (nSPS) is 12.4. The van der Waals surface area contributed by atoms with Crippen molar-refractivity contribution in [1.29, 1.82) is 0 Å². The van der Waals surface area contributed by atoms with Crippen LogP contribution in [0.5, 0.6) is 0 Å². The van der Waals surface area contributed by atoms with Gasteiger partial charge in [-0.3, -0.25) is 4.98 Å². The lowest BCUT2D eigenvalue weighted by atomic mass is 10.0. The summed E-state index contributed by atoms with van der Waals surface area (Å²) in [5.41, 5.74) is 8.17. The van der Waals surface area contributed by atoms with Gasteiger partial charge in [0, 0.05) is 22.0 Å². The van der Waals surface area contributed by atoms with E-state index in [9.17, 15) is 4.39 Å². The zero-order chi connectivity index (χ0) is 12.3. The molecule has 1 unspecified atom stereocenters. The quantitative estimate of drug-likeness (QED) is 0.871. The predicted octanol–water partition coefficient (Wildman–Crippen LogP) is 3.07. The van der Waals surface area contributed by atoms with Crippen LogP contribution in [0.1, 0.15) is 17.2 Å². The molecular weight excluding hydrogens is 330 g/mol. The second-order valence-corrected chi connectivity index (χ2v) is 5.00. The molecule has 1 aromatic heterocycles. The Balaban J connectivity index is 2.17. The lowest BCUT2D eigenvalue weighted by molar-refractivity contribution is 0.622. The number of hydrogen-bond donors (Lipinski definition) is 1. The van der Waals surface area contributed by atoms with E-state index in [1.165, 1.54) is 12.1 Å². The first-order valence-corrected chi connectivity index (χ1v) is 6.34. The third kappa shape index (κ3) is 3.23. The number of benzene rings is 1. The third-order valence-corrected chi connectivity index (χ3v) is 3.47. The average Bonchev–Trinajstić information content (AvgIpc) is 2.30. The van der Waals surface area contributed by atoms with Crippen LogP contribution < -0.4 is 5.73 Å². The van der Waals surface area contributed by atoms with Crippen LogP contribution in [0.4, 0.5) is 4.39 Å². The molecular formula is C13H12FIN2. The zero-order valence-electron chi connectivity index (χ0n) is 9.11. The number of hydrogen-bond acceptors (Lipinski definition) is 2. The van der Waals surface area contributed by atoms with Crippen LogP contribution >= 0.6 is 22.6 Å². The summed E-state index contributed by atoms with van der Waals surface area (Å²) in [5, 5.41) is 0. The monoisotopic (exact) mass is 342 g/mol. The molecule has 0 radical (unpaired) electrons. The molecule has 2 rings (SSSR count). The Bertz CT molecular complexity index is 502. The Morgan fingerprint density at radius 3 is 2.82 bits per heavy atom. The fraction of sp³-hybridized carbons (Fsp3) is 0.154. The predicted molar refractivity (Wildman–Crippen MR) is 74.0 cm³/mol. The minimum Gasteiger partial charge on any atom is -0.324 e. The molecule has 2 nitrogen and oxygen atoms in total. The topological polar surface area (TPSA) is 38.9 Å². The van der Waals surface area contributed by atoms with Crippen molar-refractivity contribution in [3.8, 4) is 0 Å². The molecule has 88 valence electrons. The van der Waals surface area contributed by atoms with E-state index in [1.807, 2.05) is 12.1 Å². The number of nitrogens with two attached hydrogens (primary N) is 1. The summed E-state index contributed by atoms with van der Waals surface area (Å²) >= 11 is 2.11. The molecule has 0 aliphatic rings. The van der Waals surface area contributed by atoms with Gasteiger partial charge in [0.15, 0.2) is 0 Å². The van der Waals surface area contributed by atoms with Gasteiger partial charge in [-0.2, -0.15) is 0 Å². The highest BCUT2D eigenvalue weighted by Gasteiger charge is 2.11. The Morgan fingerprint density at radius 2 is 2.18 bits per heavy atom. The SMILES string of the molecule is NC(Cc1cccnc1)c1ccc(F)cc1I. The first-order chi connectivity index (χ1) is 8.16. The summed E-state index contributed by atoms with van der Waals surface area (Å²) in [4.78, 5) is 4.05. The van der Waals surface area contributed by atoms with Crippen LogP contribution in [0.15, 0.2) is 42.7 Å². The number of rotatable bonds is 3. The fourth-order valence-corrected chi connectivity index (χ4v) is 2.56. The van der Waals surface area contributed by atoms with E-state index in [0.717, 1.165) is 14.7 Å². The molecule has 0 aliphatic carbocycles. The summed E-state index contributed by atoms with van der Waals surface area (Å²) in [6, 6.07) is 8.44. The fourth-order valence-electron chi connectivity index (χ4n) is 1.68. The molecule has 1 aromatic carbocycles. The van der Waals surface area contributed by atoms with Crippen LogP contribution in [-0.4, -0.2) is 4.98 Å². The van der Waals surface area contributed by atoms with Crippen LogP contribution in [0, 0.1) is 9.39 Å². The molecule has 0 bridgehead atoms. The van der Waals surface area contributed by atoms with E-state index in [2.05, 4.69) is 27.6 Å². The van der Waals surface area contributed by atoms with Gasteiger partial charge in [0.2, 0.25) is 0 Å². The van der Waals surface area contributed by atoms with Crippen molar-refractivity contribution < 1.29 is 4.39 Å². The van der Waals surface area contributed by atoms with Gasteiger partial charge in [0.05, 0.1) is 0 Å². The summed E-state index contributed by atoms with van der Waals surface area (Å²) < 4.78 is 13.8. The second kappa shape index (κ2) is 5.55. The summed E-state index contributed by atoms with van der Waals surface area (Å²) in [6.45, 7) is 0. The van der Waals surface area contributed by atoms with E-state index in [4.69, 9.17) is 5.73 Å². The summed E-state index contributed by atoms with van der Waals surface area (Å²) in [5.74, 6) is -0.230. The standard InChI is InChI=1S/C13H12FIN2/c14-10-3-4-11(12(15)7-10)13(16)6-9-2-1-5-17-8-9/h1-5,7-8,13H,6,16H2. The molecule has 1 atom stereocenters. The van der Waals surface area contributed by atoms with Gasteiger partial charge in [-0.25, -0.2) is 4.39 Å². The Kier molecular flexibility index (Phi) is 4.06. The van der Waals surface area contributed by atoms with Crippen LogP contribution in [0.2, 0.25) is 0 Å². The van der Waals surface area contributed by atoms with E-state index < -0.39 is 0 Å². The highest BCUT2D eigenvalue weighted by Crippen LogP contribution is 2.22. The Labute approximate surface area is 113 Å². The van der Waals surface area contributed by atoms with Gasteiger partial charge in [0.25, 0.3) is 0 Å². The molecule has 2 aromatic rings. The highest BCUT2D eigenvalue weighted by molar-refractivity contribution is 14.1. The van der Waals surface area contributed by atoms with Crippen molar-refractivity contribution in [1.82, 2.24) is 4.98 Å². The molecule has 0 aliphatic heterocycles. The van der Waals surface area contributed by atoms with E-state index >= 15 is 0 Å². The maximum Gasteiger partial charge on any atom is 0.124 e. The molecule has 0 spiro atoms. The number of nitrogens with zero attached hydrogens (tertiary/aromatic N) is 1. The van der Waals surface area contributed by atoms with E-state index in [1.54, 1.807) is 18.5 Å². The van der Waals surface area contributed by atoms with Crippen LogP contribution in [-0.2, 0) is 6.42 Å². The van der Waals surface area contributed by atoms with Crippen molar-refractivity contribution in [2.24, 2.45) is 5.73 Å². The minimum atomic E-state index is -0.230. The molecule has 1 heterocycles. The maximum absolute atomic E-state index is 13.0. The highest BCUT2D eigenvalue weighted by atomic mass is 127. The molecule has 0 saturated heterocycles. The number of aromatic nitrogens is 1. The number of halogens is 2. The van der Waals surface area contributed by atoms with Crippen LogP contribution in [0.3, 0.4) is 0 Å². The zero-order valence-corrected chi connectivity index (χ0v) is 11.3. The van der Waals surface area contributed by atoms with Gasteiger partial charge in [0.1, 0.15) is 5.82 Å². The molecule has 0 amide bonds. The average molecular weight is 342 g/mol. The van der Waals surface area contributed by atoms with E-state index in [-0.39, 0.29) is 11.9 Å². The smallest absolute Gasteiger partial charge is 0.124 e. The summed E-state index contributed by atoms with van der Waals surface area (Å²) in [7, 11) is 0. The lowest BCUT2D eigenvalue weighted by Crippen LogP contribution is -2.15. The lowest BCUT2D eigenvalue weighted by Gasteiger charge is -2.13. The Hall–Kier alpha value is -1.01. The van der Waals surface area contributed by atoms with Crippen molar-refractivity contribution in [3.63, 3.8) is 0 Å². The van der Waals surface area contributed by atoms with Crippen molar-refractivity contribution in [3.05, 3.63) is 63.2 Å². The molecule has 2 N–H and O–H groups in total. The van der Waals surface area contributed by atoms with Crippen molar-refractivity contribution in [2.45, 2.75) is 12.5 Å². The molecule has 0 saturated carbocycles. The Morgan fingerprint density at radius 1 is 1.35 bits per heavy atom. The van der Waals surface area contributed by atoms with Crippen LogP contribution in [0.25, 0.3) is 0 Å². The van der Waals surface area contributed by atoms with Gasteiger partial charge >= 0.3 is 0 Å². The molecule has 0 fully saturated rings.